The Morgan fingerprint density at radius 1 is 1.00 bits per heavy atom. The molecule has 98 valence electrons. The fourth-order valence-electron chi connectivity index (χ4n) is 1.88. The standard InChI is InChI=1S/C16H17NOS/c1-3-16(18)17-19(2,14-10-6-4-7-11-14)15-12-8-5-9-13-15/h3-13H,1H2,2H3,(H,17,18). The minimum atomic E-state index is -1.58. The number of rotatable bonds is 4. The maximum Gasteiger partial charge on any atom is 0.252 e. The summed E-state index contributed by atoms with van der Waals surface area (Å²) in [5.74, 6) is -0.148. The highest BCUT2D eigenvalue weighted by Gasteiger charge is 2.24. The van der Waals surface area contributed by atoms with Crippen LogP contribution in [0, 0.1) is 0 Å². The van der Waals surface area contributed by atoms with Crippen LogP contribution in [0.4, 0.5) is 0 Å². The Morgan fingerprint density at radius 2 is 1.42 bits per heavy atom. The molecule has 0 fully saturated rings. The fourth-order valence-corrected chi connectivity index (χ4v) is 4.28. The molecule has 2 aromatic carbocycles. The highest BCUT2D eigenvalue weighted by atomic mass is 32.3. The maximum absolute atomic E-state index is 11.8. The lowest BCUT2D eigenvalue weighted by Crippen LogP contribution is -2.25. The number of nitrogens with one attached hydrogen (secondary N) is 1. The van der Waals surface area contributed by atoms with Crippen LogP contribution in [0.3, 0.4) is 0 Å². The molecular weight excluding hydrogens is 254 g/mol. The predicted molar refractivity (Wildman–Crippen MR) is 81.3 cm³/mol. The van der Waals surface area contributed by atoms with Crippen molar-refractivity contribution >= 4 is 16.1 Å². The van der Waals surface area contributed by atoms with Crippen molar-refractivity contribution in [1.29, 1.82) is 0 Å². The van der Waals surface area contributed by atoms with E-state index in [0.29, 0.717) is 0 Å². The molecule has 1 amide bonds. The Hall–Kier alpha value is -2.00. The van der Waals surface area contributed by atoms with Gasteiger partial charge in [-0.1, -0.05) is 43.0 Å². The lowest BCUT2D eigenvalue weighted by Gasteiger charge is -2.37. The highest BCUT2D eigenvalue weighted by Crippen LogP contribution is 2.55. The predicted octanol–water partition coefficient (Wildman–Crippen LogP) is 3.76. The van der Waals surface area contributed by atoms with Gasteiger partial charge in [-0.25, -0.2) is 0 Å². The molecule has 0 atom stereocenters. The van der Waals surface area contributed by atoms with Crippen molar-refractivity contribution in [3.63, 3.8) is 0 Å². The maximum atomic E-state index is 11.8. The van der Waals surface area contributed by atoms with E-state index in [0.717, 1.165) is 9.79 Å². The van der Waals surface area contributed by atoms with E-state index in [1.165, 1.54) is 6.08 Å². The molecule has 0 aliphatic rings. The van der Waals surface area contributed by atoms with Crippen molar-refractivity contribution in [3.8, 4) is 0 Å². The monoisotopic (exact) mass is 271 g/mol. The van der Waals surface area contributed by atoms with E-state index in [2.05, 4.69) is 17.6 Å². The van der Waals surface area contributed by atoms with Gasteiger partial charge in [0, 0.05) is 9.79 Å². The zero-order valence-corrected chi connectivity index (χ0v) is 11.7. The third-order valence-electron chi connectivity index (χ3n) is 2.92. The number of benzene rings is 2. The minimum absolute atomic E-state index is 0.148. The first-order valence-corrected chi connectivity index (χ1v) is 8.03. The molecule has 2 nitrogen and oxygen atoms in total. The van der Waals surface area contributed by atoms with Crippen LogP contribution in [-0.2, 0) is 4.79 Å². The molecule has 3 heteroatoms. The summed E-state index contributed by atoms with van der Waals surface area (Å²) in [7, 11) is -1.58. The van der Waals surface area contributed by atoms with Crippen LogP contribution in [0.1, 0.15) is 0 Å². The van der Waals surface area contributed by atoms with E-state index in [-0.39, 0.29) is 5.91 Å². The number of carbonyl (C=O) groups is 1. The highest BCUT2D eigenvalue weighted by molar-refractivity contribution is 8.32. The van der Waals surface area contributed by atoms with Gasteiger partial charge in [0.05, 0.1) is 0 Å². The molecule has 0 saturated carbocycles. The van der Waals surface area contributed by atoms with Gasteiger partial charge in [-0.15, -0.1) is 10.2 Å². The van der Waals surface area contributed by atoms with Crippen LogP contribution < -0.4 is 4.72 Å². The molecule has 19 heavy (non-hydrogen) atoms. The Kier molecular flexibility index (Phi) is 4.07. The lowest BCUT2D eigenvalue weighted by atomic mass is 10.4. The molecule has 1 N–H and O–H groups in total. The van der Waals surface area contributed by atoms with Crippen LogP contribution in [0.25, 0.3) is 0 Å². The summed E-state index contributed by atoms with van der Waals surface area (Å²) in [6, 6.07) is 20.1. The van der Waals surface area contributed by atoms with E-state index in [1.54, 1.807) is 0 Å². The molecule has 0 bridgehead atoms. The Bertz CT molecular complexity index is 526. The summed E-state index contributed by atoms with van der Waals surface area (Å²) in [4.78, 5) is 14.0. The third kappa shape index (κ3) is 2.88. The van der Waals surface area contributed by atoms with Gasteiger partial charge < -0.3 is 4.72 Å². The molecular formula is C16H17NOS. The van der Waals surface area contributed by atoms with Gasteiger partial charge in [-0.3, -0.25) is 4.79 Å². The zero-order valence-electron chi connectivity index (χ0n) is 10.9. The summed E-state index contributed by atoms with van der Waals surface area (Å²) in [5.41, 5.74) is 0. The van der Waals surface area contributed by atoms with E-state index < -0.39 is 10.2 Å². The summed E-state index contributed by atoms with van der Waals surface area (Å²) in [5, 5.41) is 0. The molecule has 2 aromatic rings. The van der Waals surface area contributed by atoms with Crippen molar-refractivity contribution in [3.05, 3.63) is 73.3 Å². The molecule has 0 saturated heterocycles. The van der Waals surface area contributed by atoms with Crippen LogP contribution in [0.5, 0.6) is 0 Å². The Balaban J connectivity index is 2.50. The largest absolute Gasteiger partial charge is 0.307 e. The average Bonchev–Trinajstić information content (AvgIpc) is 2.48. The first-order chi connectivity index (χ1) is 9.16. The molecule has 0 radical (unpaired) electrons. The van der Waals surface area contributed by atoms with Gasteiger partial charge in [0.1, 0.15) is 0 Å². The van der Waals surface area contributed by atoms with Crippen LogP contribution in [-0.4, -0.2) is 12.2 Å². The second-order valence-electron chi connectivity index (χ2n) is 4.22. The summed E-state index contributed by atoms with van der Waals surface area (Å²) < 4.78 is 3.10. The lowest BCUT2D eigenvalue weighted by molar-refractivity contribution is -0.114. The molecule has 0 aliphatic heterocycles. The molecule has 0 unspecified atom stereocenters. The Morgan fingerprint density at radius 3 is 1.79 bits per heavy atom. The van der Waals surface area contributed by atoms with Gasteiger partial charge in [0.25, 0.3) is 5.91 Å². The Labute approximate surface area is 115 Å². The second-order valence-corrected chi connectivity index (χ2v) is 7.20. The van der Waals surface area contributed by atoms with Gasteiger partial charge in [0.15, 0.2) is 0 Å². The molecule has 2 rings (SSSR count). The smallest absolute Gasteiger partial charge is 0.252 e. The van der Waals surface area contributed by atoms with Crippen molar-refractivity contribution in [2.45, 2.75) is 9.79 Å². The topological polar surface area (TPSA) is 29.1 Å². The summed E-state index contributed by atoms with van der Waals surface area (Å²) in [6.07, 6.45) is 3.40. The van der Waals surface area contributed by atoms with E-state index >= 15 is 0 Å². The normalized spacial score (nSPS) is 11.6. The fraction of sp³-hybridized carbons (Fsp3) is 0.0625. The van der Waals surface area contributed by atoms with Gasteiger partial charge in [-0.05, 0) is 36.6 Å². The molecule has 0 aliphatic carbocycles. The number of hydrogen-bond donors (Lipinski definition) is 1. The zero-order chi connectivity index (χ0) is 13.7. The van der Waals surface area contributed by atoms with Crippen LogP contribution in [0.15, 0.2) is 83.1 Å². The van der Waals surface area contributed by atoms with Gasteiger partial charge in [0.2, 0.25) is 0 Å². The van der Waals surface area contributed by atoms with Crippen LogP contribution in [0.2, 0.25) is 0 Å². The van der Waals surface area contributed by atoms with Gasteiger partial charge >= 0.3 is 0 Å². The van der Waals surface area contributed by atoms with Gasteiger partial charge in [-0.2, -0.15) is 0 Å². The number of hydrogen-bond acceptors (Lipinski definition) is 1. The number of amides is 1. The van der Waals surface area contributed by atoms with Crippen molar-refractivity contribution in [2.75, 3.05) is 6.26 Å². The quantitative estimate of drug-likeness (QED) is 0.843. The SMILES string of the molecule is C=CC(=O)NS(C)(c1ccccc1)c1ccccc1. The molecule has 0 spiro atoms. The molecule has 0 heterocycles. The van der Waals surface area contributed by atoms with E-state index in [9.17, 15) is 4.79 Å². The van der Waals surface area contributed by atoms with Crippen molar-refractivity contribution in [2.24, 2.45) is 0 Å². The molecule has 0 aromatic heterocycles. The summed E-state index contributed by atoms with van der Waals surface area (Å²) >= 11 is 0. The van der Waals surface area contributed by atoms with E-state index in [1.807, 2.05) is 60.7 Å². The first-order valence-electron chi connectivity index (χ1n) is 5.99. The van der Waals surface area contributed by atoms with Crippen molar-refractivity contribution < 1.29 is 4.79 Å². The number of carbonyl (C=O) groups excluding carboxylic acids is 1. The van der Waals surface area contributed by atoms with Crippen LogP contribution >= 0.6 is 10.2 Å². The average molecular weight is 271 g/mol. The van der Waals surface area contributed by atoms with Crippen molar-refractivity contribution in [1.82, 2.24) is 4.72 Å². The second kappa shape index (κ2) is 5.76. The first kappa shape index (κ1) is 13.4. The third-order valence-corrected chi connectivity index (χ3v) is 5.96. The minimum Gasteiger partial charge on any atom is -0.307 e. The summed E-state index contributed by atoms with van der Waals surface area (Å²) in [6.45, 7) is 3.53. The van der Waals surface area contributed by atoms with E-state index in [4.69, 9.17) is 0 Å².